The summed E-state index contributed by atoms with van der Waals surface area (Å²) in [6, 6.07) is 22.9. The Hall–Kier alpha value is -2.89. The van der Waals surface area contributed by atoms with Gasteiger partial charge in [0.05, 0.1) is 10.6 Å². The van der Waals surface area contributed by atoms with Gasteiger partial charge in [-0.15, -0.1) is 0 Å². The molecule has 1 amide bonds. The van der Waals surface area contributed by atoms with Crippen molar-refractivity contribution in [1.82, 2.24) is 4.31 Å². The third-order valence-corrected chi connectivity index (χ3v) is 7.13. The highest BCUT2D eigenvalue weighted by atomic mass is 35.5. The number of sulfonamides is 1. The molecule has 0 radical (unpaired) electrons. The van der Waals surface area contributed by atoms with Gasteiger partial charge in [0.2, 0.25) is 5.91 Å². The minimum atomic E-state index is -4.04. The number of hydrogen-bond acceptors (Lipinski definition) is 3. The van der Waals surface area contributed by atoms with Crippen molar-refractivity contribution >= 4 is 33.2 Å². The predicted octanol–water partition coefficient (Wildman–Crippen LogP) is 5.39. The van der Waals surface area contributed by atoms with Crippen molar-refractivity contribution in [2.24, 2.45) is 0 Å². The molecule has 0 spiro atoms. The van der Waals surface area contributed by atoms with Crippen LogP contribution in [0.3, 0.4) is 0 Å². The van der Waals surface area contributed by atoms with Gasteiger partial charge in [-0.2, -0.15) is 0 Å². The summed E-state index contributed by atoms with van der Waals surface area (Å²) in [5, 5.41) is 0.608. The zero-order chi connectivity index (χ0) is 21.3. The molecular weight excluding hydrogens is 418 g/mol. The second-order valence-corrected chi connectivity index (χ2v) is 9.48. The maximum atomic E-state index is 13.4. The van der Waals surface area contributed by atoms with Crippen LogP contribution in [0.5, 0.6) is 0 Å². The summed E-state index contributed by atoms with van der Waals surface area (Å²) in [5.74, 6) is -0.702. The Kier molecular flexibility index (Phi) is 5.50. The number of rotatable bonds is 4. The normalized spacial score (nSPS) is 17.0. The van der Waals surface area contributed by atoms with E-state index in [0.717, 1.165) is 15.4 Å². The molecule has 3 aromatic rings. The van der Waals surface area contributed by atoms with Gasteiger partial charge in [0.1, 0.15) is 0 Å². The lowest BCUT2D eigenvalue weighted by Gasteiger charge is -2.32. The molecule has 30 heavy (non-hydrogen) atoms. The molecular formula is C24H20ClNO3S. The average molecular weight is 438 g/mol. The van der Waals surface area contributed by atoms with Crippen LogP contribution in [0.2, 0.25) is 5.02 Å². The first-order valence-electron chi connectivity index (χ1n) is 9.54. The Bertz CT molecular complexity index is 1200. The van der Waals surface area contributed by atoms with Crippen molar-refractivity contribution in [3.8, 4) is 0 Å². The van der Waals surface area contributed by atoms with E-state index in [4.69, 9.17) is 11.6 Å². The lowest BCUT2D eigenvalue weighted by molar-refractivity contribution is -0.124. The van der Waals surface area contributed by atoms with Crippen LogP contribution in [0.15, 0.2) is 89.8 Å². The largest absolute Gasteiger partial charge is 0.273 e. The lowest BCUT2D eigenvalue weighted by atomic mass is 9.90. The molecule has 0 saturated carbocycles. The van der Waals surface area contributed by atoms with E-state index >= 15 is 0 Å². The van der Waals surface area contributed by atoms with E-state index in [9.17, 15) is 13.2 Å². The van der Waals surface area contributed by atoms with Gasteiger partial charge in [-0.25, -0.2) is 12.7 Å². The van der Waals surface area contributed by atoms with E-state index in [-0.39, 0.29) is 17.2 Å². The third kappa shape index (κ3) is 3.91. The van der Waals surface area contributed by atoms with Crippen LogP contribution < -0.4 is 0 Å². The third-order valence-electron chi connectivity index (χ3n) is 5.13. The SMILES string of the molecule is Cc1ccc(S(=O)(=O)N2C(=O)C[C@H](c3ccc(Cl)cc3)C=C2c2ccccc2)cc1. The fourth-order valence-electron chi connectivity index (χ4n) is 3.55. The van der Waals surface area contributed by atoms with Crippen LogP contribution in [0, 0.1) is 6.92 Å². The lowest BCUT2D eigenvalue weighted by Crippen LogP contribution is -2.39. The molecule has 3 aromatic carbocycles. The monoisotopic (exact) mass is 437 g/mol. The van der Waals surface area contributed by atoms with Crippen molar-refractivity contribution < 1.29 is 13.2 Å². The quantitative estimate of drug-likeness (QED) is 0.549. The number of hydrogen-bond donors (Lipinski definition) is 0. The first-order chi connectivity index (χ1) is 14.4. The average Bonchev–Trinajstić information content (AvgIpc) is 2.74. The number of benzene rings is 3. The number of aryl methyl sites for hydroxylation is 1. The molecule has 4 nitrogen and oxygen atoms in total. The molecule has 4 rings (SSSR count). The molecule has 0 aromatic heterocycles. The molecule has 0 N–H and O–H groups in total. The maximum absolute atomic E-state index is 13.4. The molecule has 0 saturated heterocycles. The van der Waals surface area contributed by atoms with Crippen molar-refractivity contribution in [2.75, 3.05) is 0 Å². The van der Waals surface area contributed by atoms with Gasteiger partial charge in [-0.05, 0) is 42.3 Å². The van der Waals surface area contributed by atoms with Crippen LogP contribution in [0.1, 0.15) is 29.0 Å². The summed E-state index contributed by atoms with van der Waals surface area (Å²) >= 11 is 6.00. The highest BCUT2D eigenvalue weighted by Crippen LogP contribution is 2.37. The van der Waals surface area contributed by atoms with E-state index in [1.807, 2.05) is 43.3 Å². The summed E-state index contributed by atoms with van der Waals surface area (Å²) in [6.45, 7) is 1.88. The van der Waals surface area contributed by atoms with E-state index in [2.05, 4.69) is 0 Å². The van der Waals surface area contributed by atoms with Crippen molar-refractivity contribution in [1.29, 1.82) is 0 Å². The standard InChI is InChI=1S/C24H20ClNO3S/c1-17-7-13-22(14-8-17)30(28,29)26-23(19-5-3-2-4-6-19)15-20(16-24(26)27)18-9-11-21(25)12-10-18/h2-15,20H,16H2,1H3/t20-/m1/s1. The molecule has 0 fully saturated rings. The van der Waals surface area contributed by atoms with Gasteiger partial charge >= 0.3 is 0 Å². The van der Waals surface area contributed by atoms with Gasteiger partial charge < -0.3 is 0 Å². The summed E-state index contributed by atoms with van der Waals surface area (Å²) < 4.78 is 27.8. The summed E-state index contributed by atoms with van der Waals surface area (Å²) in [5.41, 5.74) is 2.89. The zero-order valence-corrected chi connectivity index (χ0v) is 17.9. The van der Waals surface area contributed by atoms with E-state index in [0.29, 0.717) is 16.3 Å². The van der Waals surface area contributed by atoms with Crippen LogP contribution in [0.4, 0.5) is 0 Å². The molecule has 0 unspecified atom stereocenters. The minimum absolute atomic E-state index is 0.0586. The fraction of sp³-hybridized carbons (Fsp3) is 0.125. The number of carbonyl (C=O) groups is 1. The van der Waals surface area contributed by atoms with Gasteiger partial charge in [0.15, 0.2) is 0 Å². The Balaban J connectivity index is 1.85. The van der Waals surface area contributed by atoms with E-state index in [1.165, 1.54) is 12.1 Å². The summed E-state index contributed by atoms with van der Waals surface area (Å²) in [4.78, 5) is 13.3. The van der Waals surface area contributed by atoms with Crippen LogP contribution in [0.25, 0.3) is 5.70 Å². The van der Waals surface area contributed by atoms with Crippen molar-refractivity contribution in [2.45, 2.75) is 24.2 Å². The Morgan fingerprint density at radius 3 is 2.17 bits per heavy atom. The summed E-state index contributed by atoms with van der Waals surface area (Å²) in [7, 11) is -4.04. The second-order valence-electron chi connectivity index (χ2n) is 7.26. The van der Waals surface area contributed by atoms with Crippen LogP contribution in [-0.2, 0) is 14.8 Å². The predicted molar refractivity (Wildman–Crippen MR) is 118 cm³/mol. The Labute approximate surface area is 181 Å². The molecule has 0 aliphatic carbocycles. The second kappa shape index (κ2) is 8.09. The Morgan fingerprint density at radius 2 is 1.53 bits per heavy atom. The first kappa shape index (κ1) is 20.4. The highest BCUT2D eigenvalue weighted by molar-refractivity contribution is 7.90. The number of halogens is 1. The van der Waals surface area contributed by atoms with Gasteiger partial charge in [0.25, 0.3) is 10.0 Å². The molecule has 1 heterocycles. The Morgan fingerprint density at radius 1 is 0.900 bits per heavy atom. The number of allylic oxidation sites excluding steroid dienone is 1. The number of amides is 1. The fourth-order valence-corrected chi connectivity index (χ4v) is 5.13. The first-order valence-corrected chi connectivity index (χ1v) is 11.4. The highest BCUT2D eigenvalue weighted by Gasteiger charge is 2.37. The molecule has 6 heteroatoms. The topological polar surface area (TPSA) is 54.5 Å². The van der Waals surface area contributed by atoms with Crippen LogP contribution in [-0.4, -0.2) is 18.6 Å². The van der Waals surface area contributed by atoms with Gasteiger partial charge in [-0.1, -0.05) is 77.8 Å². The van der Waals surface area contributed by atoms with E-state index in [1.54, 1.807) is 36.4 Å². The smallest absolute Gasteiger partial charge is 0.270 e. The van der Waals surface area contributed by atoms with Crippen molar-refractivity contribution in [3.63, 3.8) is 0 Å². The molecule has 0 bridgehead atoms. The minimum Gasteiger partial charge on any atom is -0.273 e. The maximum Gasteiger partial charge on any atom is 0.270 e. The van der Waals surface area contributed by atoms with Gasteiger partial charge in [-0.3, -0.25) is 4.79 Å². The molecule has 1 aliphatic heterocycles. The van der Waals surface area contributed by atoms with E-state index < -0.39 is 15.9 Å². The number of carbonyl (C=O) groups excluding carboxylic acids is 1. The molecule has 1 aliphatic rings. The molecule has 152 valence electrons. The van der Waals surface area contributed by atoms with Crippen LogP contribution >= 0.6 is 11.6 Å². The van der Waals surface area contributed by atoms with Gasteiger partial charge in [0, 0.05) is 17.4 Å². The van der Waals surface area contributed by atoms with Crippen molar-refractivity contribution in [3.05, 3.63) is 107 Å². The number of nitrogens with zero attached hydrogens (tertiary/aromatic N) is 1. The summed E-state index contributed by atoms with van der Waals surface area (Å²) in [6.07, 6.45) is 1.91. The molecule has 1 atom stereocenters. The zero-order valence-electron chi connectivity index (χ0n) is 16.3.